The predicted molar refractivity (Wildman–Crippen MR) is 86.7 cm³/mol. The molecular weight excluding hydrogens is 352 g/mol. The molecule has 0 aliphatic rings. The van der Waals surface area contributed by atoms with E-state index in [0.717, 1.165) is 15.7 Å². The minimum Gasteiger partial charge on any atom is -0.258 e. The molecule has 0 saturated heterocycles. The van der Waals surface area contributed by atoms with E-state index in [4.69, 9.17) is 0 Å². The number of aromatic nitrogens is 1. The molecule has 104 valence electrons. The van der Waals surface area contributed by atoms with Crippen molar-refractivity contribution in [1.29, 1.82) is 0 Å². The van der Waals surface area contributed by atoms with E-state index in [2.05, 4.69) is 20.9 Å². The summed E-state index contributed by atoms with van der Waals surface area (Å²) in [5, 5.41) is 13.7. The van der Waals surface area contributed by atoms with Crippen molar-refractivity contribution in [2.75, 3.05) is 0 Å². The van der Waals surface area contributed by atoms with Gasteiger partial charge in [0, 0.05) is 21.6 Å². The van der Waals surface area contributed by atoms with Gasteiger partial charge in [-0.25, -0.2) is 4.98 Å². The normalized spacial score (nSPS) is 10.7. The summed E-state index contributed by atoms with van der Waals surface area (Å²) in [5.41, 5.74) is 0.00235. The van der Waals surface area contributed by atoms with Crippen LogP contribution in [0.2, 0.25) is 0 Å². The van der Waals surface area contributed by atoms with Crippen LogP contribution in [0, 0.1) is 10.1 Å². The second-order valence-corrected chi connectivity index (χ2v) is 6.32. The van der Waals surface area contributed by atoms with Crippen LogP contribution >= 0.6 is 27.7 Å². The maximum atomic E-state index is 11.1. The summed E-state index contributed by atoms with van der Waals surface area (Å²) in [6.45, 7) is 0. The minimum absolute atomic E-state index is 0.00235. The molecular formula is C15H9BrN2O2S. The number of benzene rings is 2. The molecule has 0 fully saturated rings. The Morgan fingerprint density at radius 3 is 2.62 bits per heavy atom. The maximum Gasteiger partial charge on any atom is 0.302 e. The number of fused-ring (bicyclic) bond motifs is 1. The number of pyridine rings is 1. The van der Waals surface area contributed by atoms with Gasteiger partial charge in [-0.15, -0.1) is 0 Å². The maximum absolute atomic E-state index is 11.1. The van der Waals surface area contributed by atoms with Gasteiger partial charge in [0.05, 0.1) is 4.92 Å². The number of nitro groups is 1. The van der Waals surface area contributed by atoms with Gasteiger partial charge in [0.25, 0.3) is 0 Å². The van der Waals surface area contributed by atoms with Crippen molar-refractivity contribution >= 4 is 44.2 Å². The van der Waals surface area contributed by atoms with Crippen LogP contribution in [-0.4, -0.2) is 9.91 Å². The van der Waals surface area contributed by atoms with Crippen LogP contribution in [0.5, 0.6) is 0 Å². The average molecular weight is 361 g/mol. The van der Waals surface area contributed by atoms with Crippen molar-refractivity contribution < 1.29 is 4.92 Å². The molecule has 0 N–H and O–H groups in total. The van der Waals surface area contributed by atoms with E-state index in [1.54, 1.807) is 6.20 Å². The monoisotopic (exact) mass is 360 g/mol. The molecule has 6 heteroatoms. The first-order chi connectivity index (χ1) is 10.1. The molecule has 0 amide bonds. The van der Waals surface area contributed by atoms with Crippen molar-refractivity contribution in [1.82, 2.24) is 4.98 Å². The third-order valence-electron chi connectivity index (χ3n) is 2.93. The minimum atomic E-state index is -0.416. The summed E-state index contributed by atoms with van der Waals surface area (Å²) < 4.78 is 0.595. The number of rotatable bonds is 3. The fraction of sp³-hybridized carbons (Fsp3) is 0. The molecule has 2 aromatic carbocycles. The van der Waals surface area contributed by atoms with Crippen LogP contribution in [0.15, 0.2) is 69.1 Å². The van der Waals surface area contributed by atoms with E-state index in [1.807, 2.05) is 42.5 Å². The number of hydrogen-bond acceptors (Lipinski definition) is 4. The second-order valence-electron chi connectivity index (χ2n) is 4.35. The van der Waals surface area contributed by atoms with Crippen LogP contribution in [-0.2, 0) is 0 Å². The zero-order valence-corrected chi connectivity index (χ0v) is 13.1. The van der Waals surface area contributed by atoms with Gasteiger partial charge in [0.2, 0.25) is 0 Å². The van der Waals surface area contributed by atoms with E-state index in [0.29, 0.717) is 9.50 Å². The molecule has 1 aromatic heterocycles. The molecule has 3 rings (SSSR count). The molecule has 0 saturated carbocycles. The third-order valence-corrected chi connectivity index (χ3v) is 4.36. The SMILES string of the molecule is O=[N+]([O-])c1cc(Br)cnc1Sc1ccc2ccccc2c1. The van der Waals surface area contributed by atoms with Gasteiger partial charge in [-0.3, -0.25) is 10.1 Å². The summed E-state index contributed by atoms with van der Waals surface area (Å²) in [7, 11) is 0. The van der Waals surface area contributed by atoms with Crippen molar-refractivity contribution in [2.45, 2.75) is 9.92 Å². The first-order valence-corrected chi connectivity index (χ1v) is 7.71. The number of halogens is 1. The van der Waals surface area contributed by atoms with E-state index >= 15 is 0 Å². The van der Waals surface area contributed by atoms with Crippen molar-refractivity contribution in [3.8, 4) is 0 Å². The molecule has 0 unspecified atom stereocenters. The van der Waals surface area contributed by atoms with Crippen molar-refractivity contribution in [2.24, 2.45) is 0 Å². The van der Waals surface area contributed by atoms with Gasteiger partial charge in [-0.05, 0) is 38.8 Å². The Morgan fingerprint density at radius 1 is 1.10 bits per heavy atom. The fourth-order valence-corrected chi connectivity index (χ4v) is 3.18. The van der Waals surface area contributed by atoms with Gasteiger partial charge < -0.3 is 0 Å². The quantitative estimate of drug-likeness (QED) is 0.484. The molecule has 0 aliphatic heterocycles. The first kappa shape index (κ1) is 14.0. The Kier molecular flexibility index (Phi) is 3.90. The Morgan fingerprint density at radius 2 is 1.86 bits per heavy atom. The molecule has 0 aliphatic carbocycles. The zero-order valence-electron chi connectivity index (χ0n) is 10.7. The topological polar surface area (TPSA) is 56.0 Å². The van der Waals surface area contributed by atoms with E-state index in [-0.39, 0.29) is 5.69 Å². The van der Waals surface area contributed by atoms with E-state index < -0.39 is 4.92 Å². The average Bonchev–Trinajstić information content (AvgIpc) is 2.49. The van der Waals surface area contributed by atoms with Gasteiger partial charge in [-0.1, -0.05) is 42.1 Å². The molecule has 0 atom stereocenters. The number of hydrogen-bond donors (Lipinski definition) is 0. The largest absolute Gasteiger partial charge is 0.302 e. The highest BCUT2D eigenvalue weighted by Gasteiger charge is 2.17. The van der Waals surface area contributed by atoms with E-state index in [9.17, 15) is 10.1 Å². The van der Waals surface area contributed by atoms with Crippen molar-refractivity contribution in [3.63, 3.8) is 0 Å². The molecule has 1 heterocycles. The van der Waals surface area contributed by atoms with Crippen LogP contribution in [0.3, 0.4) is 0 Å². The lowest BCUT2D eigenvalue weighted by Crippen LogP contribution is -1.93. The van der Waals surface area contributed by atoms with Crippen LogP contribution in [0.4, 0.5) is 5.69 Å². The standard InChI is InChI=1S/C15H9BrN2O2S/c16-12-8-14(18(19)20)15(17-9-12)21-13-6-5-10-3-1-2-4-11(10)7-13/h1-9H. The van der Waals surface area contributed by atoms with Crippen LogP contribution in [0.25, 0.3) is 10.8 Å². The lowest BCUT2D eigenvalue weighted by atomic mass is 10.1. The molecule has 4 nitrogen and oxygen atoms in total. The van der Waals surface area contributed by atoms with Crippen LogP contribution in [0.1, 0.15) is 0 Å². The van der Waals surface area contributed by atoms with Gasteiger partial charge in [0.15, 0.2) is 5.03 Å². The van der Waals surface area contributed by atoms with Gasteiger partial charge in [0.1, 0.15) is 0 Å². The molecule has 0 bridgehead atoms. The van der Waals surface area contributed by atoms with Gasteiger partial charge in [-0.2, -0.15) is 0 Å². The second kappa shape index (κ2) is 5.83. The third kappa shape index (κ3) is 3.06. The number of nitrogens with zero attached hydrogens (tertiary/aromatic N) is 2. The lowest BCUT2D eigenvalue weighted by Gasteiger charge is -2.04. The smallest absolute Gasteiger partial charge is 0.258 e. The van der Waals surface area contributed by atoms with Crippen molar-refractivity contribution in [3.05, 3.63) is 69.3 Å². The van der Waals surface area contributed by atoms with Gasteiger partial charge >= 0.3 is 5.69 Å². The summed E-state index contributed by atoms with van der Waals surface area (Å²) in [6, 6.07) is 15.4. The molecule has 3 aromatic rings. The molecule has 0 radical (unpaired) electrons. The highest BCUT2D eigenvalue weighted by molar-refractivity contribution is 9.10. The first-order valence-electron chi connectivity index (χ1n) is 6.10. The summed E-state index contributed by atoms with van der Waals surface area (Å²) in [6.07, 6.45) is 1.57. The van der Waals surface area contributed by atoms with Crippen LogP contribution < -0.4 is 0 Å². The highest BCUT2D eigenvalue weighted by atomic mass is 79.9. The lowest BCUT2D eigenvalue weighted by molar-refractivity contribution is -0.388. The molecule has 21 heavy (non-hydrogen) atoms. The zero-order chi connectivity index (χ0) is 14.8. The fourth-order valence-electron chi connectivity index (χ4n) is 1.97. The summed E-state index contributed by atoms with van der Waals surface area (Å²) in [4.78, 5) is 15.8. The Labute approximate surface area is 133 Å². The summed E-state index contributed by atoms with van der Waals surface area (Å²) >= 11 is 4.50. The Balaban J connectivity index is 2.00. The Hall–Kier alpha value is -1.92. The molecule has 0 spiro atoms. The van der Waals surface area contributed by atoms with E-state index in [1.165, 1.54) is 17.8 Å². The summed E-state index contributed by atoms with van der Waals surface area (Å²) in [5.74, 6) is 0. The Bertz CT molecular complexity index is 839. The highest BCUT2D eigenvalue weighted by Crippen LogP contribution is 2.35. The predicted octanol–water partition coefficient (Wildman–Crippen LogP) is 5.06.